The third kappa shape index (κ3) is 4.41. The van der Waals surface area contributed by atoms with Gasteiger partial charge in [0.2, 0.25) is 0 Å². The number of rotatable bonds is 7. The van der Waals surface area contributed by atoms with Crippen molar-refractivity contribution in [2.45, 2.75) is 13.0 Å². The standard InChI is InChI=1S/C24H15ClN4O8/c1-13(21(30)14-5-9-16(25)10-6-14)26(22(31)15-7-11-17(12-8-15)28(34)35)27-23(32)18-3-2-4-19(29(36)37)20(18)24(27)33/h2-13H,1H3/t13-/m0/s1. The molecule has 0 spiro atoms. The van der Waals surface area contributed by atoms with E-state index in [9.17, 15) is 39.4 Å². The van der Waals surface area contributed by atoms with Crippen molar-refractivity contribution < 1.29 is 29.0 Å². The van der Waals surface area contributed by atoms with E-state index in [0.29, 0.717) is 15.0 Å². The summed E-state index contributed by atoms with van der Waals surface area (Å²) in [5, 5.41) is 23.9. The molecule has 186 valence electrons. The maximum Gasteiger partial charge on any atom is 0.287 e. The Kier molecular flexibility index (Phi) is 6.51. The maximum absolute atomic E-state index is 13.6. The van der Waals surface area contributed by atoms with Crippen LogP contribution < -0.4 is 0 Å². The highest BCUT2D eigenvalue weighted by atomic mass is 35.5. The van der Waals surface area contributed by atoms with Crippen molar-refractivity contribution in [3.63, 3.8) is 0 Å². The lowest BCUT2D eigenvalue weighted by Crippen LogP contribution is -2.56. The summed E-state index contributed by atoms with van der Waals surface area (Å²) in [4.78, 5) is 74.6. The number of imide groups is 1. The van der Waals surface area contributed by atoms with Crippen LogP contribution in [0.5, 0.6) is 0 Å². The van der Waals surface area contributed by atoms with Crippen LogP contribution in [-0.4, -0.2) is 49.4 Å². The second kappa shape index (κ2) is 9.59. The van der Waals surface area contributed by atoms with E-state index in [0.717, 1.165) is 30.3 Å². The molecule has 3 aromatic carbocycles. The molecule has 12 nitrogen and oxygen atoms in total. The van der Waals surface area contributed by atoms with Crippen LogP contribution in [0.4, 0.5) is 11.4 Å². The highest BCUT2D eigenvalue weighted by molar-refractivity contribution is 6.30. The SMILES string of the molecule is C[C@@H](C(=O)c1ccc(Cl)cc1)N(C(=O)c1ccc([N+](=O)[O-])cc1)N1C(=O)c2cccc([N+](=O)[O-])c2C1=O. The number of carbonyl (C=O) groups excluding carboxylic acids is 4. The van der Waals surface area contributed by atoms with Gasteiger partial charge in [-0.25, -0.2) is 5.01 Å². The number of hydrogen-bond acceptors (Lipinski definition) is 8. The monoisotopic (exact) mass is 522 g/mol. The minimum absolute atomic E-state index is 0.112. The van der Waals surface area contributed by atoms with E-state index in [2.05, 4.69) is 0 Å². The highest BCUT2D eigenvalue weighted by Crippen LogP contribution is 2.33. The van der Waals surface area contributed by atoms with Gasteiger partial charge in [-0.1, -0.05) is 17.7 Å². The number of nitro groups is 2. The van der Waals surface area contributed by atoms with E-state index < -0.39 is 50.6 Å². The van der Waals surface area contributed by atoms with Crippen LogP contribution in [0.3, 0.4) is 0 Å². The van der Waals surface area contributed by atoms with Crippen molar-refractivity contribution in [3.8, 4) is 0 Å². The summed E-state index contributed by atoms with van der Waals surface area (Å²) >= 11 is 5.88. The number of Topliss-reactive ketones (excluding diaryl/α,β-unsaturated/α-hetero) is 1. The van der Waals surface area contributed by atoms with Crippen LogP contribution in [-0.2, 0) is 0 Å². The largest absolute Gasteiger partial charge is 0.292 e. The number of fused-ring (bicyclic) bond motifs is 1. The third-order valence-corrected chi connectivity index (χ3v) is 5.94. The molecule has 0 N–H and O–H groups in total. The van der Waals surface area contributed by atoms with Crippen molar-refractivity contribution in [2.75, 3.05) is 0 Å². The molecule has 1 heterocycles. The van der Waals surface area contributed by atoms with Gasteiger partial charge in [-0.2, -0.15) is 5.01 Å². The van der Waals surface area contributed by atoms with Gasteiger partial charge in [0.05, 0.1) is 15.4 Å². The maximum atomic E-state index is 13.6. The van der Waals surface area contributed by atoms with Crippen molar-refractivity contribution in [1.29, 1.82) is 0 Å². The fourth-order valence-electron chi connectivity index (χ4n) is 3.87. The zero-order valence-corrected chi connectivity index (χ0v) is 19.6. The molecule has 1 aliphatic rings. The van der Waals surface area contributed by atoms with E-state index in [1.807, 2.05) is 0 Å². The van der Waals surface area contributed by atoms with Crippen LogP contribution in [0.1, 0.15) is 48.4 Å². The second-order valence-corrected chi connectivity index (χ2v) is 8.32. The summed E-state index contributed by atoms with van der Waals surface area (Å²) in [6.45, 7) is 1.28. The Hall–Kier alpha value is -4.97. The number of non-ortho nitro benzene ring substituents is 1. The van der Waals surface area contributed by atoms with Crippen LogP contribution in [0.25, 0.3) is 0 Å². The quantitative estimate of drug-likeness (QED) is 0.194. The number of hydrazine groups is 1. The number of hydrogen-bond donors (Lipinski definition) is 0. The van der Waals surface area contributed by atoms with E-state index in [-0.39, 0.29) is 22.4 Å². The van der Waals surface area contributed by atoms with Gasteiger partial charge in [0.1, 0.15) is 11.6 Å². The van der Waals surface area contributed by atoms with Gasteiger partial charge in [-0.15, -0.1) is 0 Å². The van der Waals surface area contributed by atoms with Crippen LogP contribution in [0.2, 0.25) is 5.02 Å². The first kappa shape index (κ1) is 25.1. The number of nitro benzene ring substituents is 2. The molecule has 0 bridgehead atoms. The first-order valence-corrected chi connectivity index (χ1v) is 10.9. The van der Waals surface area contributed by atoms with Gasteiger partial charge in [-0.3, -0.25) is 39.4 Å². The lowest BCUT2D eigenvalue weighted by Gasteiger charge is -2.34. The molecular weight excluding hydrogens is 508 g/mol. The summed E-state index contributed by atoms with van der Waals surface area (Å²) in [6, 6.07) is 12.0. The Morgan fingerprint density at radius 3 is 2.03 bits per heavy atom. The third-order valence-electron chi connectivity index (χ3n) is 5.69. The van der Waals surface area contributed by atoms with E-state index >= 15 is 0 Å². The first-order chi connectivity index (χ1) is 17.5. The molecular formula is C24H15ClN4O8. The number of ketones is 1. The van der Waals surface area contributed by atoms with Gasteiger partial charge in [-0.05, 0) is 49.4 Å². The number of carbonyl (C=O) groups is 4. The Morgan fingerprint density at radius 1 is 0.865 bits per heavy atom. The van der Waals surface area contributed by atoms with Crippen LogP contribution in [0.15, 0.2) is 66.7 Å². The number of amides is 3. The molecule has 0 unspecified atom stereocenters. The fourth-order valence-corrected chi connectivity index (χ4v) is 3.99. The Morgan fingerprint density at radius 2 is 1.46 bits per heavy atom. The molecule has 0 aliphatic carbocycles. The van der Waals surface area contributed by atoms with Crippen LogP contribution in [0, 0.1) is 20.2 Å². The van der Waals surface area contributed by atoms with Crippen molar-refractivity contribution >= 4 is 46.5 Å². The van der Waals surface area contributed by atoms with E-state index in [4.69, 9.17) is 11.6 Å². The Labute approximate surface area is 212 Å². The summed E-state index contributed by atoms with van der Waals surface area (Å²) < 4.78 is 0. The zero-order valence-electron chi connectivity index (χ0n) is 18.9. The lowest BCUT2D eigenvalue weighted by molar-refractivity contribution is -0.385. The first-order valence-electron chi connectivity index (χ1n) is 10.6. The predicted octanol–water partition coefficient (Wildman–Crippen LogP) is 4.08. The molecule has 3 aromatic rings. The number of nitrogens with zero attached hydrogens (tertiary/aromatic N) is 4. The topological polar surface area (TPSA) is 161 Å². The minimum atomic E-state index is -1.45. The van der Waals surface area contributed by atoms with Crippen LogP contribution >= 0.6 is 11.6 Å². The molecule has 0 saturated carbocycles. The number of halogens is 1. The molecule has 1 aliphatic heterocycles. The van der Waals surface area contributed by atoms with Crippen molar-refractivity contribution in [3.05, 3.63) is 114 Å². The molecule has 13 heteroatoms. The fraction of sp³-hybridized carbons (Fsp3) is 0.0833. The van der Waals surface area contributed by atoms with E-state index in [1.54, 1.807) is 0 Å². The second-order valence-electron chi connectivity index (χ2n) is 7.88. The summed E-state index contributed by atoms with van der Waals surface area (Å²) in [5.74, 6) is -3.90. The minimum Gasteiger partial charge on any atom is -0.292 e. The van der Waals surface area contributed by atoms with Crippen molar-refractivity contribution in [1.82, 2.24) is 10.0 Å². The number of benzene rings is 3. The van der Waals surface area contributed by atoms with Gasteiger partial charge in [0.25, 0.3) is 29.1 Å². The summed E-state index contributed by atoms with van der Waals surface area (Å²) in [7, 11) is 0. The molecule has 0 saturated heterocycles. The molecule has 37 heavy (non-hydrogen) atoms. The highest BCUT2D eigenvalue weighted by Gasteiger charge is 2.48. The lowest BCUT2D eigenvalue weighted by atomic mass is 10.0. The summed E-state index contributed by atoms with van der Waals surface area (Å²) in [6.07, 6.45) is 0. The Bertz CT molecular complexity index is 1490. The normalized spacial score (nSPS) is 13.2. The van der Waals surface area contributed by atoms with E-state index in [1.165, 1.54) is 43.3 Å². The van der Waals surface area contributed by atoms with Gasteiger partial charge >= 0.3 is 0 Å². The smallest absolute Gasteiger partial charge is 0.287 e. The molecule has 1 atom stereocenters. The average molecular weight is 523 g/mol. The van der Waals surface area contributed by atoms with Crippen molar-refractivity contribution in [2.24, 2.45) is 0 Å². The molecule has 4 rings (SSSR count). The molecule has 3 amide bonds. The van der Waals surface area contributed by atoms with Gasteiger partial charge in [0, 0.05) is 34.3 Å². The van der Waals surface area contributed by atoms with Gasteiger partial charge < -0.3 is 0 Å². The predicted molar refractivity (Wildman–Crippen MR) is 128 cm³/mol. The Balaban J connectivity index is 1.82. The molecule has 0 aromatic heterocycles. The molecule has 0 fully saturated rings. The molecule has 0 radical (unpaired) electrons. The zero-order chi connectivity index (χ0) is 27.0. The van der Waals surface area contributed by atoms with Gasteiger partial charge in [0.15, 0.2) is 5.78 Å². The summed E-state index contributed by atoms with van der Waals surface area (Å²) in [5.41, 5.74) is -1.85. The average Bonchev–Trinajstić information content (AvgIpc) is 3.14.